The number of thiazole rings is 1. The number of hydrogen-bond acceptors (Lipinski definition) is 6. The molecule has 11 heteroatoms. The fourth-order valence-electron chi connectivity index (χ4n) is 4.23. The molecule has 0 unspecified atom stereocenters. The van der Waals surface area contributed by atoms with E-state index >= 15 is 0 Å². The average Bonchev–Trinajstić information content (AvgIpc) is 3.18. The highest BCUT2D eigenvalue weighted by Crippen LogP contribution is 2.26. The van der Waals surface area contributed by atoms with Gasteiger partial charge < -0.3 is 14.6 Å². The Labute approximate surface area is 214 Å². The van der Waals surface area contributed by atoms with Crippen LogP contribution in [0.5, 0.6) is 0 Å². The van der Waals surface area contributed by atoms with Gasteiger partial charge in [0.25, 0.3) is 5.91 Å². The van der Waals surface area contributed by atoms with Gasteiger partial charge in [0.05, 0.1) is 21.7 Å². The van der Waals surface area contributed by atoms with Gasteiger partial charge in [-0.25, -0.2) is 8.42 Å². The lowest BCUT2D eigenvalue weighted by Crippen LogP contribution is -2.40. The second-order valence-corrected chi connectivity index (χ2v) is 11.8. The number of nitrogens with zero attached hydrogens (tertiary/aromatic N) is 3. The third-order valence-electron chi connectivity index (χ3n) is 6.19. The topological polar surface area (TPSA) is 110 Å². The second kappa shape index (κ2) is 11.0. The number of aryl methyl sites for hydroxylation is 1. The molecule has 9 nitrogen and oxygen atoms in total. The maximum Gasteiger partial charge on any atom is 0.251 e. The molecule has 0 bridgehead atoms. The monoisotopic (exact) mass is 530 g/mol. The molecule has 2 aromatic carbocycles. The van der Waals surface area contributed by atoms with E-state index in [2.05, 4.69) is 10.3 Å². The van der Waals surface area contributed by atoms with Crippen LogP contribution >= 0.6 is 11.3 Å². The Morgan fingerprint density at radius 3 is 2.47 bits per heavy atom. The van der Waals surface area contributed by atoms with Crippen molar-refractivity contribution in [2.75, 3.05) is 32.1 Å². The number of piperidine rings is 1. The quantitative estimate of drug-likeness (QED) is 0.505. The zero-order valence-electron chi connectivity index (χ0n) is 20.6. The number of benzene rings is 2. The largest absolute Gasteiger partial charge is 0.383 e. The number of aromatic nitrogens is 1. The molecule has 4 rings (SSSR count). The molecule has 1 saturated heterocycles. The van der Waals surface area contributed by atoms with Crippen molar-refractivity contribution < 1.29 is 22.7 Å². The first-order chi connectivity index (χ1) is 17.2. The lowest BCUT2D eigenvalue weighted by molar-refractivity contribution is -0.123. The molecule has 1 fully saturated rings. The average molecular weight is 531 g/mol. The Morgan fingerprint density at radius 2 is 1.83 bits per heavy atom. The number of anilines is 1. The number of amides is 2. The molecule has 1 aromatic heterocycles. The fraction of sp³-hybridized carbons (Fsp3) is 0.400. The summed E-state index contributed by atoms with van der Waals surface area (Å²) in [7, 11) is -1.97. The summed E-state index contributed by atoms with van der Waals surface area (Å²) in [6.07, 6.45) is 0.839. The van der Waals surface area contributed by atoms with Crippen molar-refractivity contribution in [3.8, 4) is 0 Å². The van der Waals surface area contributed by atoms with Crippen LogP contribution in [0.2, 0.25) is 0 Å². The van der Waals surface area contributed by atoms with Crippen molar-refractivity contribution in [2.24, 2.45) is 10.9 Å². The van der Waals surface area contributed by atoms with E-state index < -0.39 is 10.0 Å². The van der Waals surface area contributed by atoms with Crippen molar-refractivity contribution in [3.05, 3.63) is 52.8 Å². The van der Waals surface area contributed by atoms with Crippen LogP contribution in [0.1, 0.15) is 25.3 Å². The molecule has 0 atom stereocenters. The van der Waals surface area contributed by atoms with E-state index in [0.29, 0.717) is 36.5 Å². The van der Waals surface area contributed by atoms with Gasteiger partial charge in [-0.2, -0.15) is 9.30 Å². The van der Waals surface area contributed by atoms with Crippen molar-refractivity contribution >= 4 is 49.1 Å². The predicted molar refractivity (Wildman–Crippen MR) is 139 cm³/mol. The molecule has 36 heavy (non-hydrogen) atoms. The van der Waals surface area contributed by atoms with Crippen molar-refractivity contribution in [1.29, 1.82) is 0 Å². The van der Waals surface area contributed by atoms with Gasteiger partial charge >= 0.3 is 0 Å². The van der Waals surface area contributed by atoms with Crippen LogP contribution in [0.4, 0.5) is 5.69 Å². The summed E-state index contributed by atoms with van der Waals surface area (Å²) in [5.74, 6) is -0.748. The van der Waals surface area contributed by atoms with Gasteiger partial charge in [-0.15, -0.1) is 0 Å². The first-order valence-corrected chi connectivity index (χ1v) is 14.0. The summed E-state index contributed by atoms with van der Waals surface area (Å²) >= 11 is 1.37. The highest BCUT2D eigenvalue weighted by atomic mass is 32.2. The molecule has 1 aliphatic heterocycles. The van der Waals surface area contributed by atoms with Crippen LogP contribution in [0.15, 0.2) is 52.4 Å². The minimum absolute atomic E-state index is 0.158. The standard InChI is InChI=1S/C25H30N4O5S2/c1-17-4-7-21(8-5-17)36(32,33)28-12-10-19(11-13-28)24(31)27-25-29(14-15-34-3)22-9-6-20(26-18(2)30)16-23(22)35-25/h4-9,16,19H,10-15H2,1-3H3,(H,26,30). The smallest absolute Gasteiger partial charge is 0.251 e. The Kier molecular flexibility index (Phi) is 8.04. The van der Waals surface area contributed by atoms with Crippen molar-refractivity contribution in [3.63, 3.8) is 0 Å². The second-order valence-electron chi connectivity index (χ2n) is 8.83. The maximum absolute atomic E-state index is 13.1. The number of ether oxygens (including phenoxy) is 1. The van der Waals surface area contributed by atoms with E-state index in [1.54, 1.807) is 31.4 Å². The highest BCUT2D eigenvalue weighted by molar-refractivity contribution is 7.89. The van der Waals surface area contributed by atoms with E-state index in [1.165, 1.54) is 22.6 Å². The normalized spacial score (nSPS) is 15.9. The Bertz CT molecular complexity index is 1430. The zero-order valence-corrected chi connectivity index (χ0v) is 22.2. The maximum atomic E-state index is 13.1. The summed E-state index contributed by atoms with van der Waals surface area (Å²) in [6, 6.07) is 12.4. The molecule has 0 spiro atoms. The van der Waals surface area contributed by atoms with Crippen molar-refractivity contribution in [1.82, 2.24) is 8.87 Å². The highest BCUT2D eigenvalue weighted by Gasteiger charge is 2.32. The summed E-state index contributed by atoms with van der Waals surface area (Å²) in [4.78, 5) is 29.8. The number of sulfonamides is 1. The molecular weight excluding hydrogens is 500 g/mol. The lowest BCUT2D eigenvalue weighted by Gasteiger charge is -2.29. The van der Waals surface area contributed by atoms with Crippen LogP contribution in [0.3, 0.4) is 0 Å². The molecule has 2 heterocycles. The van der Waals surface area contributed by atoms with Gasteiger partial charge in [0, 0.05) is 45.3 Å². The van der Waals surface area contributed by atoms with Gasteiger partial charge in [-0.05, 0) is 50.1 Å². The Hall–Kier alpha value is -2.86. The van der Waals surface area contributed by atoms with E-state index in [9.17, 15) is 18.0 Å². The zero-order chi connectivity index (χ0) is 25.9. The van der Waals surface area contributed by atoms with E-state index in [0.717, 1.165) is 15.8 Å². The first kappa shape index (κ1) is 26.2. The number of methoxy groups -OCH3 is 1. The van der Waals surface area contributed by atoms with Crippen LogP contribution in [-0.2, 0) is 30.9 Å². The van der Waals surface area contributed by atoms with Crippen molar-refractivity contribution in [2.45, 2.75) is 38.1 Å². The van der Waals surface area contributed by atoms with E-state index in [4.69, 9.17) is 4.74 Å². The summed E-state index contributed by atoms with van der Waals surface area (Å²) in [5.41, 5.74) is 2.57. The molecule has 192 valence electrons. The third-order valence-corrected chi connectivity index (χ3v) is 9.14. The fourth-order valence-corrected chi connectivity index (χ4v) is 6.80. The number of rotatable bonds is 7. The molecule has 0 radical (unpaired) electrons. The number of fused-ring (bicyclic) bond motifs is 1. The van der Waals surface area contributed by atoms with E-state index in [1.807, 2.05) is 29.7 Å². The SMILES string of the molecule is COCCn1c(=NC(=O)C2CCN(S(=O)(=O)c3ccc(C)cc3)CC2)sc2cc(NC(C)=O)ccc21. The number of carbonyl (C=O) groups is 2. The van der Waals surface area contributed by atoms with Gasteiger partial charge in [-0.3, -0.25) is 9.59 Å². The minimum Gasteiger partial charge on any atom is -0.383 e. The van der Waals surface area contributed by atoms with Crippen LogP contribution in [0.25, 0.3) is 10.2 Å². The molecular formula is C25H30N4O5S2. The predicted octanol–water partition coefficient (Wildman–Crippen LogP) is 3.14. The van der Waals surface area contributed by atoms with E-state index in [-0.39, 0.29) is 35.7 Å². The first-order valence-electron chi connectivity index (χ1n) is 11.7. The molecule has 3 aromatic rings. The Balaban J connectivity index is 1.54. The lowest BCUT2D eigenvalue weighted by atomic mass is 9.98. The van der Waals surface area contributed by atoms with Gasteiger partial charge in [-0.1, -0.05) is 29.0 Å². The molecule has 2 amide bonds. The van der Waals surface area contributed by atoms with Crippen LogP contribution < -0.4 is 10.1 Å². The summed E-state index contributed by atoms with van der Waals surface area (Å²) < 4.78 is 35.5. The molecule has 0 saturated carbocycles. The third kappa shape index (κ3) is 5.75. The van der Waals surface area contributed by atoms with Gasteiger partial charge in [0.2, 0.25) is 15.9 Å². The number of carbonyl (C=O) groups excluding carboxylic acids is 2. The van der Waals surface area contributed by atoms with Crippen LogP contribution in [0, 0.1) is 12.8 Å². The van der Waals surface area contributed by atoms with Gasteiger partial charge in [0.15, 0.2) is 4.80 Å². The summed E-state index contributed by atoms with van der Waals surface area (Å²) in [5, 5.41) is 2.77. The molecule has 0 aliphatic carbocycles. The van der Waals surface area contributed by atoms with Gasteiger partial charge in [0.1, 0.15) is 0 Å². The Morgan fingerprint density at radius 1 is 1.14 bits per heavy atom. The molecule has 1 aliphatic rings. The number of nitrogens with one attached hydrogen (secondary N) is 1. The summed E-state index contributed by atoms with van der Waals surface area (Å²) in [6.45, 7) is 4.89. The van der Waals surface area contributed by atoms with Crippen LogP contribution in [-0.4, -0.2) is 55.9 Å². The molecule has 1 N–H and O–H groups in total. The number of hydrogen-bond donors (Lipinski definition) is 1. The minimum atomic E-state index is -3.59.